The largest absolute Gasteiger partial charge is 0.367 e. The second-order valence-electron chi connectivity index (χ2n) is 3.31. The van der Waals surface area contributed by atoms with Crippen molar-refractivity contribution in [3.8, 4) is 0 Å². The summed E-state index contributed by atoms with van der Waals surface area (Å²) in [6, 6.07) is 0.656. The SMILES string of the molecule is CSc1ncc(C)c(NC2CC2)n1. The van der Waals surface area contributed by atoms with E-state index < -0.39 is 0 Å². The zero-order chi connectivity index (χ0) is 9.26. The number of hydrogen-bond donors (Lipinski definition) is 1. The lowest BCUT2D eigenvalue weighted by Crippen LogP contribution is -2.06. The van der Waals surface area contributed by atoms with Crippen LogP contribution in [-0.2, 0) is 0 Å². The third-order valence-electron chi connectivity index (χ3n) is 2.05. The maximum Gasteiger partial charge on any atom is 0.189 e. The van der Waals surface area contributed by atoms with Crippen molar-refractivity contribution in [1.29, 1.82) is 0 Å². The maximum absolute atomic E-state index is 4.41. The summed E-state index contributed by atoms with van der Waals surface area (Å²) < 4.78 is 0. The Balaban J connectivity index is 2.19. The van der Waals surface area contributed by atoms with Crippen LogP contribution in [0.2, 0.25) is 0 Å². The molecule has 0 aliphatic heterocycles. The van der Waals surface area contributed by atoms with Crippen molar-refractivity contribution in [3.63, 3.8) is 0 Å². The summed E-state index contributed by atoms with van der Waals surface area (Å²) in [6.45, 7) is 2.04. The summed E-state index contributed by atoms with van der Waals surface area (Å²) in [6.07, 6.45) is 6.42. The Bertz CT molecular complexity index is 310. The molecule has 1 aliphatic rings. The van der Waals surface area contributed by atoms with E-state index >= 15 is 0 Å². The van der Waals surface area contributed by atoms with E-state index in [9.17, 15) is 0 Å². The molecule has 2 rings (SSSR count). The minimum Gasteiger partial charge on any atom is -0.367 e. The van der Waals surface area contributed by atoms with Crippen LogP contribution in [0, 0.1) is 6.92 Å². The van der Waals surface area contributed by atoms with E-state index in [0.29, 0.717) is 6.04 Å². The maximum atomic E-state index is 4.41. The van der Waals surface area contributed by atoms with Gasteiger partial charge in [-0.05, 0) is 26.0 Å². The molecule has 0 saturated heterocycles. The minimum absolute atomic E-state index is 0.656. The topological polar surface area (TPSA) is 37.8 Å². The van der Waals surface area contributed by atoms with Crippen molar-refractivity contribution in [1.82, 2.24) is 9.97 Å². The molecule has 0 bridgehead atoms. The number of aromatic nitrogens is 2. The zero-order valence-electron chi connectivity index (χ0n) is 7.87. The van der Waals surface area contributed by atoms with Gasteiger partial charge in [-0.2, -0.15) is 0 Å². The fraction of sp³-hybridized carbons (Fsp3) is 0.556. The highest BCUT2D eigenvalue weighted by atomic mass is 32.2. The molecule has 1 N–H and O–H groups in total. The Labute approximate surface area is 82.4 Å². The number of hydrogen-bond acceptors (Lipinski definition) is 4. The first kappa shape index (κ1) is 8.81. The molecule has 0 spiro atoms. The second-order valence-corrected chi connectivity index (χ2v) is 4.08. The average molecular weight is 195 g/mol. The average Bonchev–Trinajstić information content (AvgIpc) is 2.93. The van der Waals surface area contributed by atoms with Crippen molar-refractivity contribution in [2.75, 3.05) is 11.6 Å². The lowest BCUT2D eigenvalue weighted by molar-refractivity contribution is 0.939. The van der Waals surface area contributed by atoms with Gasteiger partial charge >= 0.3 is 0 Å². The van der Waals surface area contributed by atoms with Gasteiger partial charge in [0.1, 0.15) is 5.82 Å². The van der Waals surface area contributed by atoms with Crippen LogP contribution in [-0.4, -0.2) is 22.3 Å². The molecule has 4 heteroatoms. The molecular weight excluding hydrogens is 182 g/mol. The Kier molecular flexibility index (Phi) is 2.40. The van der Waals surface area contributed by atoms with Crippen LogP contribution in [0.25, 0.3) is 0 Å². The van der Waals surface area contributed by atoms with E-state index in [0.717, 1.165) is 16.5 Å². The third-order valence-corrected chi connectivity index (χ3v) is 2.61. The minimum atomic E-state index is 0.656. The van der Waals surface area contributed by atoms with Gasteiger partial charge in [-0.25, -0.2) is 9.97 Å². The van der Waals surface area contributed by atoms with Crippen LogP contribution in [0.4, 0.5) is 5.82 Å². The molecule has 0 aromatic carbocycles. The molecule has 0 atom stereocenters. The van der Waals surface area contributed by atoms with Gasteiger partial charge in [-0.15, -0.1) is 0 Å². The van der Waals surface area contributed by atoms with Crippen LogP contribution in [0.1, 0.15) is 18.4 Å². The molecule has 13 heavy (non-hydrogen) atoms. The summed E-state index contributed by atoms with van der Waals surface area (Å²) in [5.41, 5.74) is 1.13. The lowest BCUT2D eigenvalue weighted by Gasteiger charge is -2.07. The molecule has 70 valence electrons. The van der Waals surface area contributed by atoms with Gasteiger partial charge < -0.3 is 5.32 Å². The monoisotopic (exact) mass is 195 g/mol. The predicted octanol–water partition coefficient (Wildman–Crippen LogP) is 2.08. The van der Waals surface area contributed by atoms with Gasteiger partial charge in [0.15, 0.2) is 5.16 Å². The van der Waals surface area contributed by atoms with E-state index in [1.54, 1.807) is 11.8 Å². The molecule has 0 radical (unpaired) electrons. The van der Waals surface area contributed by atoms with E-state index in [1.807, 2.05) is 19.4 Å². The van der Waals surface area contributed by atoms with E-state index in [-0.39, 0.29) is 0 Å². The molecule has 1 aromatic rings. The molecular formula is C9H13N3S. The first-order valence-corrected chi connectivity index (χ1v) is 5.66. The number of rotatable bonds is 3. The van der Waals surface area contributed by atoms with Gasteiger partial charge in [-0.3, -0.25) is 0 Å². The smallest absolute Gasteiger partial charge is 0.189 e. The lowest BCUT2D eigenvalue weighted by atomic mass is 10.3. The zero-order valence-corrected chi connectivity index (χ0v) is 8.69. The molecule has 0 amide bonds. The summed E-state index contributed by atoms with van der Waals surface area (Å²) in [4.78, 5) is 8.61. The van der Waals surface area contributed by atoms with Crippen LogP contribution in [0.5, 0.6) is 0 Å². The number of aryl methyl sites for hydroxylation is 1. The predicted molar refractivity (Wildman–Crippen MR) is 55.2 cm³/mol. The molecule has 1 aromatic heterocycles. The molecule has 0 unspecified atom stereocenters. The van der Waals surface area contributed by atoms with Crippen molar-refractivity contribution in [2.45, 2.75) is 31.0 Å². The molecule has 1 aliphatic carbocycles. The second kappa shape index (κ2) is 3.54. The number of thioether (sulfide) groups is 1. The Morgan fingerprint density at radius 2 is 2.31 bits per heavy atom. The highest BCUT2D eigenvalue weighted by molar-refractivity contribution is 7.98. The van der Waals surface area contributed by atoms with Crippen LogP contribution in [0.3, 0.4) is 0 Å². The highest BCUT2D eigenvalue weighted by Crippen LogP contribution is 2.25. The van der Waals surface area contributed by atoms with Gasteiger partial charge in [0, 0.05) is 17.8 Å². The summed E-state index contributed by atoms with van der Waals surface area (Å²) in [7, 11) is 0. The Morgan fingerprint density at radius 1 is 1.54 bits per heavy atom. The van der Waals surface area contributed by atoms with Crippen molar-refractivity contribution >= 4 is 17.6 Å². The number of nitrogens with zero attached hydrogens (tertiary/aromatic N) is 2. The van der Waals surface area contributed by atoms with Crippen LogP contribution < -0.4 is 5.32 Å². The highest BCUT2D eigenvalue weighted by Gasteiger charge is 2.22. The van der Waals surface area contributed by atoms with Gasteiger partial charge in [0.05, 0.1) is 0 Å². The summed E-state index contributed by atoms with van der Waals surface area (Å²) in [5.74, 6) is 1.00. The first-order chi connectivity index (χ1) is 6.29. The van der Waals surface area contributed by atoms with Gasteiger partial charge in [-0.1, -0.05) is 11.8 Å². The summed E-state index contributed by atoms with van der Waals surface area (Å²) in [5, 5.41) is 4.24. The Hall–Kier alpha value is -0.770. The van der Waals surface area contributed by atoms with Crippen LogP contribution >= 0.6 is 11.8 Å². The molecule has 1 heterocycles. The molecule has 3 nitrogen and oxygen atoms in total. The summed E-state index contributed by atoms with van der Waals surface area (Å²) >= 11 is 1.58. The first-order valence-electron chi connectivity index (χ1n) is 4.44. The van der Waals surface area contributed by atoms with Crippen molar-refractivity contribution in [3.05, 3.63) is 11.8 Å². The van der Waals surface area contributed by atoms with E-state index in [2.05, 4.69) is 15.3 Å². The molecule has 1 fully saturated rings. The number of anilines is 1. The fourth-order valence-corrected chi connectivity index (χ4v) is 1.43. The standard InChI is InChI=1S/C9H13N3S/c1-6-5-10-9(13-2)12-8(6)11-7-3-4-7/h5,7H,3-4H2,1-2H3,(H,10,11,12). The normalized spacial score (nSPS) is 15.8. The van der Waals surface area contributed by atoms with Gasteiger partial charge in [0.25, 0.3) is 0 Å². The number of nitrogens with one attached hydrogen (secondary N) is 1. The van der Waals surface area contributed by atoms with Crippen molar-refractivity contribution < 1.29 is 0 Å². The quantitative estimate of drug-likeness (QED) is 0.592. The van der Waals surface area contributed by atoms with Crippen LogP contribution in [0.15, 0.2) is 11.4 Å². The Morgan fingerprint density at radius 3 is 2.92 bits per heavy atom. The van der Waals surface area contributed by atoms with Crippen molar-refractivity contribution in [2.24, 2.45) is 0 Å². The third kappa shape index (κ3) is 2.12. The van der Waals surface area contributed by atoms with E-state index in [4.69, 9.17) is 0 Å². The fourth-order valence-electron chi connectivity index (χ4n) is 1.09. The molecule has 1 saturated carbocycles. The van der Waals surface area contributed by atoms with Gasteiger partial charge in [0.2, 0.25) is 0 Å². The van der Waals surface area contributed by atoms with E-state index in [1.165, 1.54) is 12.8 Å².